The first kappa shape index (κ1) is 17.8. The standard InChI is InChI=1S/C15H29N3O3/c1-4-5-8-12(13(19)20)17-14(21)16-11-15(18(2)3)9-6-7-10-15/h12H,4-11H2,1-3H3,(H,19,20)(H2,16,17,21)/t12-/m0/s1. The maximum atomic E-state index is 11.9. The number of hydrogen-bond donors (Lipinski definition) is 3. The highest BCUT2D eigenvalue weighted by Crippen LogP contribution is 2.32. The Balaban J connectivity index is 2.46. The van der Waals surface area contributed by atoms with Crippen LogP contribution in [-0.2, 0) is 4.79 Å². The highest BCUT2D eigenvalue weighted by atomic mass is 16.4. The number of rotatable bonds is 8. The Morgan fingerprint density at radius 1 is 1.29 bits per heavy atom. The Morgan fingerprint density at radius 3 is 2.38 bits per heavy atom. The molecule has 122 valence electrons. The van der Waals surface area contributed by atoms with Gasteiger partial charge in [0.15, 0.2) is 0 Å². The number of aliphatic carboxylic acids is 1. The van der Waals surface area contributed by atoms with Crippen molar-refractivity contribution in [3.8, 4) is 0 Å². The van der Waals surface area contributed by atoms with Gasteiger partial charge in [-0.15, -0.1) is 0 Å². The number of amides is 2. The number of nitrogens with one attached hydrogen (secondary N) is 2. The van der Waals surface area contributed by atoms with E-state index in [4.69, 9.17) is 5.11 Å². The van der Waals surface area contributed by atoms with Gasteiger partial charge < -0.3 is 20.6 Å². The third-order valence-corrected chi connectivity index (χ3v) is 4.51. The van der Waals surface area contributed by atoms with E-state index in [1.165, 1.54) is 12.8 Å². The van der Waals surface area contributed by atoms with Crippen LogP contribution in [0, 0.1) is 0 Å². The van der Waals surface area contributed by atoms with Crippen molar-refractivity contribution in [2.45, 2.75) is 63.5 Å². The molecule has 21 heavy (non-hydrogen) atoms. The minimum atomic E-state index is -0.971. The molecular weight excluding hydrogens is 270 g/mol. The number of nitrogens with zero attached hydrogens (tertiary/aromatic N) is 1. The predicted octanol–water partition coefficient (Wildman–Crippen LogP) is 1.80. The molecule has 0 aromatic heterocycles. The molecular formula is C15H29N3O3. The average Bonchev–Trinajstić information content (AvgIpc) is 2.91. The molecule has 0 heterocycles. The maximum absolute atomic E-state index is 11.9. The predicted molar refractivity (Wildman–Crippen MR) is 82.4 cm³/mol. The molecule has 0 aromatic carbocycles. The van der Waals surface area contributed by atoms with Crippen molar-refractivity contribution in [1.29, 1.82) is 0 Å². The second kappa shape index (κ2) is 8.22. The zero-order valence-electron chi connectivity index (χ0n) is 13.4. The van der Waals surface area contributed by atoms with Gasteiger partial charge in [-0.1, -0.05) is 32.6 Å². The summed E-state index contributed by atoms with van der Waals surface area (Å²) < 4.78 is 0. The van der Waals surface area contributed by atoms with E-state index in [1.807, 2.05) is 21.0 Å². The van der Waals surface area contributed by atoms with Crippen molar-refractivity contribution in [2.24, 2.45) is 0 Å². The van der Waals surface area contributed by atoms with Crippen LogP contribution in [0.4, 0.5) is 4.79 Å². The molecule has 0 aromatic rings. The smallest absolute Gasteiger partial charge is 0.326 e. The van der Waals surface area contributed by atoms with Crippen molar-refractivity contribution in [1.82, 2.24) is 15.5 Å². The normalized spacial score (nSPS) is 18.5. The maximum Gasteiger partial charge on any atom is 0.326 e. The summed E-state index contributed by atoms with van der Waals surface area (Å²) in [7, 11) is 4.07. The van der Waals surface area contributed by atoms with Crippen LogP contribution in [0.1, 0.15) is 51.9 Å². The zero-order chi connectivity index (χ0) is 15.9. The van der Waals surface area contributed by atoms with Gasteiger partial charge in [-0.3, -0.25) is 0 Å². The van der Waals surface area contributed by atoms with E-state index in [9.17, 15) is 9.59 Å². The molecule has 2 amide bonds. The molecule has 0 bridgehead atoms. The van der Waals surface area contributed by atoms with Crippen LogP contribution in [0.5, 0.6) is 0 Å². The minimum absolute atomic E-state index is 0.0134. The summed E-state index contributed by atoms with van der Waals surface area (Å²) in [5, 5.41) is 14.5. The largest absolute Gasteiger partial charge is 0.480 e. The fourth-order valence-corrected chi connectivity index (χ4v) is 2.93. The van der Waals surface area contributed by atoms with Crippen molar-refractivity contribution in [3.63, 3.8) is 0 Å². The molecule has 0 unspecified atom stereocenters. The summed E-state index contributed by atoms with van der Waals surface area (Å²) in [6, 6.07) is -1.18. The van der Waals surface area contributed by atoms with Crippen LogP contribution in [0.3, 0.4) is 0 Å². The van der Waals surface area contributed by atoms with E-state index in [0.29, 0.717) is 13.0 Å². The fraction of sp³-hybridized carbons (Fsp3) is 0.867. The number of unbranched alkanes of at least 4 members (excludes halogenated alkanes) is 1. The third-order valence-electron chi connectivity index (χ3n) is 4.51. The summed E-state index contributed by atoms with van der Waals surface area (Å²) in [6.07, 6.45) is 6.66. The fourth-order valence-electron chi connectivity index (χ4n) is 2.93. The second-order valence-electron chi connectivity index (χ2n) is 6.19. The Morgan fingerprint density at radius 2 is 1.90 bits per heavy atom. The molecule has 0 saturated heterocycles. The van der Waals surface area contributed by atoms with Gasteiger partial charge in [0.2, 0.25) is 0 Å². The van der Waals surface area contributed by atoms with E-state index in [1.54, 1.807) is 0 Å². The lowest BCUT2D eigenvalue weighted by Crippen LogP contribution is -2.54. The van der Waals surface area contributed by atoms with Crippen LogP contribution in [0.15, 0.2) is 0 Å². The molecule has 0 radical (unpaired) electrons. The summed E-state index contributed by atoms with van der Waals surface area (Å²) in [5.41, 5.74) is 0.0134. The lowest BCUT2D eigenvalue weighted by molar-refractivity contribution is -0.139. The van der Waals surface area contributed by atoms with E-state index >= 15 is 0 Å². The summed E-state index contributed by atoms with van der Waals surface area (Å²) >= 11 is 0. The highest BCUT2D eigenvalue weighted by Gasteiger charge is 2.36. The first-order chi connectivity index (χ1) is 9.91. The number of carboxylic acid groups (broad SMARTS) is 1. The van der Waals surface area contributed by atoms with E-state index in [0.717, 1.165) is 25.7 Å². The van der Waals surface area contributed by atoms with Crippen LogP contribution >= 0.6 is 0 Å². The first-order valence-electron chi connectivity index (χ1n) is 7.86. The summed E-state index contributed by atoms with van der Waals surface area (Å²) in [4.78, 5) is 25.2. The van der Waals surface area contributed by atoms with Gasteiger partial charge in [-0.25, -0.2) is 9.59 Å². The molecule has 6 nitrogen and oxygen atoms in total. The molecule has 1 fully saturated rings. The molecule has 1 atom stereocenters. The van der Waals surface area contributed by atoms with Crippen molar-refractivity contribution < 1.29 is 14.7 Å². The van der Waals surface area contributed by atoms with Crippen molar-refractivity contribution in [2.75, 3.05) is 20.6 Å². The Bertz CT molecular complexity index is 352. The molecule has 1 saturated carbocycles. The van der Waals surface area contributed by atoms with Crippen molar-refractivity contribution in [3.05, 3.63) is 0 Å². The van der Waals surface area contributed by atoms with E-state index < -0.39 is 12.0 Å². The number of carbonyl (C=O) groups excluding carboxylic acids is 1. The molecule has 0 aliphatic heterocycles. The first-order valence-corrected chi connectivity index (χ1v) is 7.86. The number of hydrogen-bond acceptors (Lipinski definition) is 3. The quantitative estimate of drug-likeness (QED) is 0.638. The van der Waals surface area contributed by atoms with Crippen LogP contribution < -0.4 is 10.6 Å². The minimum Gasteiger partial charge on any atom is -0.480 e. The van der Waals surface area contributed by atoms with Gasteiger partial charge in [0.1, 0.15) is 6.04 Å². The lowest BCUT2D eigenvalue weighted by atomic mass is 9.96. The summed E-state index contributed by atoms with van der Waals surface area (Å²) in [6.45, 7) is 2.56. The zero-order valence-corrected chi connectivity index (χ0v) is 13.4. The average molecular weight is 299 g/mol. The van der Waals surface area contributed by atoms with Crippen LogP contribution in [-0.4, -0.2) is 54.2 Å². The number of carbonyl (C=O) groups is 2. The second-order valence-corrected chi connectivity index (χ2v) is 6.19. The van der Waals surface area contributed by atoms with Gasteiger partial charge in [-0.2, -0.15) is 0 Å². The van der Waals surface area contributed by atoms with Gasteiger partial charge >= 0.3 is 12.0 Å². The topological polar surface area (TPSA) is 81.7 Å². The van der Waals surface area contributed by atoms with Gasteiger partial charge in [0.25, 0.3) is 0 Å². The summed E-state index contributed by atoms with van der Waals surface area (Å²) in [5.74, 6) is -0.971. The number of carboxylic acids is 1. The Kier molecular flexibility index (Phi) is 6.95. The molecule has 1 aliphatic carbocycles. The SMILES string of the molecule is CCCC[C@H](NC(=O)NCC1(N(C)C)CCCC1)C(=O)O. The van der Waals surface area contributed by atoms with Gasteiger partial charge in [0, 0.05) is 12.1 Å². The lowest BCUT2D eigenvalue weighted by Gasteiger charge is -2.36. The van der Waals surface area contributed by atoms with Crippen LogP contribution in [0.2, 0.25) is 0 Å². The third kappa shape index (κ3) is 5.19. The van der Waals surface area contributed by atoms with Crippen LogP contribution in [0.25, 0.3) is 0 Å². The molecule has 3 N–H and O–H groups in total. The molecule has 0 spiro atoms. The van der Waals surface area contributed by atoms with Gasteiger partial charge in [-0.05, 0) is 33.4 Å². The number of likely N-dealkylation sites (N-methyl/N-ethyl adjacent to an activating group) is 1. The van der Waals surface area contributed by atoms with E-state index in [-0.39, 0.29) is 11.6 Å². The highest BCUT2D eigenvalue weighted by molar-refractivity contribution is 5.82. The molecule has 1 aliphatic rings. The van der Waals surface area contributed by atoms with Crippen molar-refractivity contribution >= 4 is 12.0 Å². The van der Waals surface area contributed by atoms with Gasteiger partial charge in [0.05, 0.1) is 0 Å². The molecule has 6 heteroatoms. The van der Waals surface area contributed by atoms with E-state index in [2.05, 4.69) is 15.5 Å². The number of urea groups is 1. The monoisotopic (exact) mass is 299 g/mol. The Labute approximate surface area is 127 Å². The molecule has 1 rings (SSSR count). The Hall–Kier alpha value is -1.30.